The molecule has 0 aromatic heterocycles. The number of ether oxygens (including phenoxy) is 8. The number of aliphatic hydroxyl groups excluding tert-OH is 6. The highest BCUT2D eigenvalue weighted by atomic mass is 35.5. The third-order valence-electron chi connectivity index (χ3n) is 21.5. The van der Waals surface area contributed by atoms with Gasteiger partial charge in [0.1, 0.15) is 101 Å². The van der Waals surface area contributed by atoms with E-state index in [1.54, 1.807) is 20.8 Å². The summed E-state index contributed by atoms with van der Waals surface area (Å²) in [5, 5.41) is 129. The lowest BCUT2D eigenvalue weighted by Crippen LogP contribution is -2.66. The Bertz CT molecular complexity index is 5030. The molecule has 17 unspecified atom stereocenters. The highest BCUT2D eigenvalue weighted by Crippen LogP contribution is 2.50. The number of carbonyl (C=O) groups is 9. The van der Waals surface area contributed by atoms with E-state index in [0.717, 1.165) is 86.0 Å². The van der Waals surface area contributed by atoms with E-state index in [9.17, 15) is 78.3 Å². The second kappa shape index (κ2) is 38.5. The van der Waals surface area contributed by atoms with E-state index >= 15 is 24.0 Å². The molecule has 0 aliphatic carbocycles. The Balaban J connectivity index is 0.997. The molecule has 10 amide bonds. The minimum absolute atomic E-state index is 0.0198. The standard InChI is InChI=1S/C80H91Cl2F3N12O27/c1-32(2)19-46(87-5)70(108)94-61-63(103)35-8-15-50(44(81)21-35)119-52-23-37-24-53(67(52)123-77-68(66(106)65(105)54(31-98)121-77)122-56-28-79(4,69(107)33(3)118-56)88-29-41-30-97(17-18-117-41)78(115)89-38-10-12-40(13-11-38)124-80(83,84)85)120-51-16-9-36(22-45(51)82)64(104)62-75(113)93-60(76(114)96-116-6)43-25-39(99)26-49(101)57(43)42-20-34(7-14-48(42)100)58(72(110)95-62)92-73(111)59(37)91-71(109)47(27-55(86)102)90-74(61)112/h7-16,20-26,32-33,41,46-47,54,56,58-66,68-69,77,87-88,98-101,103-107H,17-19,27-31H2,1-6H3,(H2,86,102)(H,89,115)(H,90,112)(H,91,109)(H,92,111)(H,93,113)(H,94,108)(H,95,110)(H,96,114)/t33?,41?,46?,47?,54?,56?,58?,59?,60-,61?,62?,63?,64?,65?,66?,68?,69?,77?,79-/m1/s1. The summed E-state index contributed by atoms with van der Waals surface area (Å²) in [7, 11) is 2.49. The summed E-state index contributed by atoms with van der Waals surface area (Å²) in [6.45, 7) is 5.65. The molecule has 0 radical (unpaired) electrons. The van der Waals surface area contributed by atoms with Crippen molar-refractivity contribution < 1.29 is 145 Å². The van der Waals surface area contributed by atoms with Crippen molar-refractivity contribution >= 4 is 82.2 Å². The average molecular weight is 1780 g/mol. The van der Waals surface area contributed by atoms with Crippen LogP contribution in [-0.4, -0.2) is 243 Å². The highest BCUT2D eigenvalue weighted by Gasteiger charge is 2.53. The monoisotopic (exact) mass is 1780 g/mol. The van der Waals surface area contributed by atoms with Crippen LogP contribution in [0.2, 0.25) is 10.0 Å². The minimum Gasteiger partial charge on any atom is -0.508 e. The van der Waals surface area contributed by atoms with Gasteiger partial charge in [0.15, 0.2) is 23.9 Å². The first-order valence-electron chi connectivity index (χ1n) is 38.8. The lowest BCUT2D eigenvalue weighted by molar-refractivity contribution is -0.334. The number of rotatable bonds is 19. The highest BCUT2D eigenvalue weighted by molar-refractivity contribution is 6.32. The lowest BCUT2D eigenvalue weighted by atomic mass is 9.84. The number of aliphatic hydroxyl groups is 6. The Morgan fingerprint density at radius 1 is 0.734 bits per heavy atom. The number of anilines is 1. The Hall–Kier alpha value is -11.2. The number of nitrogens with one attached hydrogen (secondary N) is 10. The first-order chi connectivity index (χ1) is 58.7. The number of morpholine rings is 1. The predicted molar refractivity (Wildman–Crippen MR) is 424 cm³/mol. The van der Waals surface area contributed by atoms with E-state index in [1.165, 1.54) is 43.1 Å². The van der Waals surface area contributed by atoms with Crippen LogP contribution in [0.15, 0.2) is 103 Å². The molecule has 0 saturated carbocycles. The van der Waals surface area contributed by atoms with E-state index in [-0.39, 0.29) is 67.4 Å². The summed E-state index contributed by atoms with van der Waals surface area (Å²) in [6, 6.07) is 3.19. The number of hydrogen-bond donors (Lipinski definition) is 20. The zero-order valence-corrected chi connectivity index (χ0v) is 68.2. The summed E-state index contributed by atoms with van der Waals surface area (Å²) >= 11 is 14.3. The van der Waals surface area contributed by atoms with Gasteiger partial charge in [0, 0.05) is 54.5 Å². The number of phenols is 3. The van der Waals surface area contributed by atoms with Crippen LogP contribution in [0.1, 0.15) is 105 Å². The maximum atomic E-state index is 16.3. The smallest absolute Gasteiger partial charge is 0.508 e. The number of primary amides is 1. The molecule has 8 aliphatic heterocycles. The van der Waals surface area contributed by atoms with Crippen molar-refractivity contribution in [2.75, 3.05) is 52.3 Å². The maximum Gasteiger partial charge on any atom is 0.573 e. The molecule has 14 rings (SSSR count). The molecule has 124 heavy (non-hydrogen) atoms. The molecule has 8 heterocycles. The molecule has 668 valence electrons. The molecule has 6 aromatic rings. The molecule has 6 aromatic carbocycles. The van der Waals surface area contributed by atoms with Gasteiger partial charge >= 0.3 is 12.4 Å². The Morgan fingerprint density at radius 3 is 1.99 bits per heavy atom. The molecular weight excluding hydrogens is 1690 g/mol. The molecular formula is C80H91Cl2F3N12O27. The second-order valence-electron chi connectivity index (χ2n) is 30.8. The number of urea groups is 1. The van der Waals surface area contributed by atoms with Crippen molar-refractivity contribution in [3.63, 3.8) is 0 Å². The van der Waals surface area contributed by atoms with Gasteiger partial charge in [-0.3, -0.25) is 43.2 Å². The van der Waals surface area contributed by atoms with Crippen molar-refractivity contribution in [2.45, 2.75) is 169 Å². The topological polar surface area (TPSA) is 568 Å². The van der Waals surface area contributed by atoms with E-state index in [0.29, 0.717) is 0 Å². The van der Waals surface area contributed by atoms with Crippen LogP contribution in [0.4, 0.5) is 23.7 Å². The largest absolute Gasteiger partial charge is 0.573 e. The number of hydroxylamine groups is 1. The number of hydrogen-bond acceptors (Lipinski definition) is 29. The van der Waals surface area contributed by atoms with Crippen molar-refractivity contribution in [2.24, 2.45) is 11.7 Å². The summed E-state index contributed by atoms with van der Waals surface area (Å²) in [4.78, 5) is 139. The van der Waals surface area contributed by atoms with Gasteiger partial charge in [-0.15, -0.1) is 13.2 Å². The SMILES string of the molecule is CNC(CC(C)C)C(=O)NC1C(=O)NC(CC(N)=O)C(=O)NC2C(=O)NC3C(=O)NC(C(=O)N[C@@H](C(=O)NOC)c4cc(O)cc(O)c4-c4cc3ccc4O)C(O)c3ccc(c(Cl)c3)Oc3cc2cc(c3OC2OC(CO)C(O)C(O)C2OC2C[C@@](C)(NCC3CN(C(=O)Nc4ccc(OC(F)(F)F)cc4)CCO3)C(O)C(C)O2)Oc2ccc(cc2Cl)C1O. The fourth-order valence-electron chi connectivity index (χ4n) is 15.1. The van der Waals surface area contributed by atoms with E-state index in [4.69, 9.17) is 66.9 Å². The van der Waals surface area contributed by atoms with Crippen LogP contribution in [0.25, 0.3) is 11.1 Å². The normalized spacial score (nSPS) is 27.5. The molecule has 3 fully saturated rings. The number of phenolic OH excluding ortho intramolecular Hbond substituents is 3. The zero-order valence-electron chi connectivity index (χ0n) is 66.7. The lowest BCUT2D eigenvalue weighted by Gasteiger charge is -2.49. The van der Waals surface area contributed by atoms with Crippen LogP contribution >= 0.6 is 23.2 Å². The zero-order chi connectivity index (χ0) is 89.8. The number of carbonyl (C=O) groups excluding carboxylic acids is 9. The van der Waals surface area contributed by atoms with Gasteiger partial charge in [0.2, 0.25) is 53.4 Å². The minimum atomic E-state index is -4.96. The van der Waals surface area contributed by atoms with Crippen LogP contribution in [-0.2, 0) is 62.1 Å². The number of alkyl halides is 3. The van der Waals surface area contributed by atoms with Gasteiger partial charge in [-0.05, 0) is 140 Å². The van der Waals surface area contributed by atoms with Gasteiger partial charge < -0.3 is 142 Å². The molecule has 44 heteroatoms. The Morgan fingerprint density at radius 2 is 1.37 bits per heavy atom. The van der Waals surface area contributed by atoms with Gasteiger partial charge in [0.25, 0.3) is 5.91 Å². The Kier molecular flexibility index (Phi) is 28.6. The number of nitrogens with zero attached hydrogens (tertiary/aromatic N) is 1. The summed E-state index contributed by atoms with van der Waals surface area (Å²) < 4.78 is 88.0. The Labute approximate surface area is 713 Å². The molecule has 11 bridgehead atoms. The van der Waals surface area contributed by atoms with E-state index < -0.39 is 272 Å². The molecule has 0 spiro atoms. The van der Waals surface area contributed by atoms with Crippen LogP contribution in [0.3, 0.4) is 0 Å². The van der Waals surface area contributed by atoms with Gasteiger partial charge in [-0.1, -0.05) is 55.2 Å². The van der Waals surface area contributed by atoms with Crippen LogP contribution < -0.4 is 78.0 Å². The first-order valence-corrected chi connectivity index (χ1v) is 39.5. The number of fused-ring (bicyclic) bond motifs is 15. The number of nitrogens with two attached hydrogens (primary N) is 1. The van der Waals surface area contributed by atoms with Crippen molar-refractivity contribution in [1.29, 1.82) is 0 Å². The number of likely N-dealkylation sites (N-methyl/N-ethyl adjacent to an activating group) is 1. The van der Waals surface area contributed by atoms with Crippen molar-refractivity contribution in [3.05, 3.63) is 141 Å². The third kappa shape index (κ3) is 20.9. The maximum absolute atomic E-state index is 16.3. The van der Waals surface area contributed by atoms with E-state index in [2.05, 4.69) is 58.1 Å². The molecule has 8 aliphatic rings. The number of aromatic hydroxyl groups is 3. The summed E-state index contributed by atoms with van der Waals surface area (Å²) in [5.74, 6) is -16.2. The van der Waals surface area contributed by atoms with Crippen molar-refractivity contribution in [3.8, 4) is 62.9 Å². The van der Waals surface area contributed by atoms with Crippen LogP contribution in [0.5, 0.6) is 51.7 Å². The number of halogens is 5. The fraction of sp³-hybridized carbons (Fsp3) is 0.438. The summed E-state index contributed by atoms with van der Waals surface area (Å²) in [6.07, 6.45) is -25.4. The molecule has 39 nitrogen and oxygen atoms in total. The third-order valence-corrected chi connectivity index (χ3v) is 22.0. The van der Waals surface area contributed by atoms with Gasteiger partial charge in [0.05, 0.1) is 61.1 Å². The first kappa shape index (κ1) is 92.0. The number of amides is 10. The quantitative estimate of drug-likeness (QED) is 0.0517. The van der Waals surface area contributed by atoms with Crippen molar-refractivity contribution in [1.82, 2.24) is 52.9 Å². The van der Waals surface area contributed by atoms with Crippen LogP contribution in [0, 0.1) is 5.92 Å². The summed E-state index contributed by atoms with van der Waals surface area (Å²) in [5.41, 5.74) is 3.82. The average Bonchev–Trinajstić information content (AvgIpc) is 0.766. The number of benzene rings is 6. The van der Waals surface area contributed by atoms with Gasteiger partial charge in [-0.2, -0.15) is 0 Å². The van der Waals surface area contributed by atoms with Gasteiger partial charge in [-0.25, -0.2) is 10.3 Å². The second-order valence-corrected chi connectivity index (χ2v) is 31.6. The fourth-order valence-corrected chi connectivity index (χ4v) is 15.6. The van der Waals surface area contributed by atoms with E-state index in [1.807, 2.05) is 0 Å². The molecule has 3 saturated heterocycles. The predicted octanol–water partition coefficient (Wildman–Crippen LogP) is 2.16. The molecule has 21 N–H and O–H groups in total. The molecule has 19 atom stereocenters.